The summed E-state index contributed by atoms with van der Waals surface area (Å²) in [5.41, 5.74) is 8.30. The van der Waals surface area contributed by atoms with E-state index in [9.17, 15) is 4.79 Å². The predicted molar refractivity (Wildman–Crippen MR) is 72.0 cm³/mol. The largest absolute Gasteiger partial charge is 0.370 e. The normalized spacial score (nSPS) is 10.7. The standard InChI is InChI=1S/C14H17N3O/c1-10-8-11(9-16-7-6-14(15)18)12-4-2-3-5-13(12)17-10/h2-5,8,16H,6-7,9H2,1H3,(H2,15,18). The van der Waals surface area contributed by atoms with Crippen molar-refractivity contribution in [3.63, 3.8) is 0 Å². The molecule has 1 aromatic heterocycles. The predicted octanol–water partition coefficient (Wildman–Crippen LogP) is 1.51. The van der Waals surface area contributed by atoms with Crippen LogP contribution in [-0.4, -0.2) is 17.4 Å². The van der Waals surface area contributed by atoms with E-state index in [0.29, 0.717) is 13.0 Å². The highest BCUT2D eigenvalue weighted by Crippen LogP contribution is 2.17. The van der Waals surface area contributed by atoms with Gasteiger partial charge in [0.25, 0.3) is 0 Å². The third-order valence-electron chi connectivity index (χ3n) is 2.79. The number of aryl methyl sites for hydroxylation is 1. The van der Waals surface area contributed by atoms with E-state index < -0.39 is 0 Å². The van der Waals surface area contributed by atoms with E-state index in [1.165, 1.54) is 5.56 Å². The van der Waals surface area contributed by atoms with Gasteiger partial charge >= 0.3 is 0 Å². The number of amides is 1. The SMILES string of the molecule is Cc1cc(CNCCC(N)=O)c2ccccc2n1. The van der Waals surface area contributed by atoms with Gasteiger partial charge in [-0.2, -0.15) is 0 Å². The molecular weight excluding hydrogens is 226 g/mol. The Hall–Kier alpha value is -1.94. The Morgan fingerprint density at radius 2 is 2.17 bits per heavy atom. The second kappa shape index (κ2) is 5.60. The zero-order valence-electron chi connectivity index (χ0n) is 10.4. The molecule has 0 unspecified atom stereocenters. The van der Waals surface area contributed by atoms with E-state index >= 15 is 0 Å². The van der Waals surface area contributed by atoms with Gasteiger partial charge in [-0.15, -0.1) is 0 Å². The Labute approximate surface area is 106 Å². The van der Waals surface area contributed by atoms with Gasteiger partial charge in [-0.05, 0) is 24.6 Å². The molecule has 4 nitrogen and oxygen atoms in total. The van der Waals surface area contributed by atoms with Gasteiger partial charge in [-0.3, -0.25) is 9.78 Å². The summed E-state index contributed by atoms with van der Waals surface area (Å²) in [6, 6.07) is 10.1. The molecule has 0 fully saturated rings. The zero-order valence-corrected chi connectivity index (χ0v) is 10.4. The second-order valence-corrected chi connectivity index (χ2v) is 4.33. The summed E-state index contributed by atoms with van der Waals surface area (Å²) in [7, 11) is 0. The van der Waals surface area contributed by atoms with Gasteiger partial charge in [0, 0.05) is 30.6 Å². The number of carbonyl (C=O) groups is 1. The number of nitrogens with one attached hydrogen (secondary N) is 1. The Balaban J connectivity index is 2.14. The zero-order chi connectivity index (χ0) is 13.0. The quantitative estimate of drug-likeness (QED) is 0.782. The molecule has 0 atom stereocenters. The molecular formula is C14H17N3O. The lowest BCUT2D eigenvalue weighted by atomic mass is 10.1. The maximum Gasteiger partial charge on any atom is 0.218 e. The number of aromatic nitrogens is 1. The lowest BCUT2D eigenvalue weighted by molar-refractivity contribution is -0.117. The number of nitrogens with two attached hydrogens (primary N) is 1. The van der Waals surface area contributed by atoms with Crippen LogP contribution in [0.4, 0.5) is 0 Å². The molecule has 0 spiro atoms. The van der Waals surface area contributed by atoms with Crippen LogP contribution in [0.1, 0.15) is 17.7 Å². The minimum Gasteiger partial charge on any atom is -0.370 e. The van der Waals surface area contributed by atoms with Crippen molar-refractivity contribution in [1.82, 2.24) is 10.3 Å². The van der Waals surface area contributed by atoms with E-state index in [1.807, 2.05) is 25.1 Å². The first-order chi connectivity index (χ1) is 8.66. The van der Waals surface area contributed by atoms with Crippen LogP contribution in [-0.2, 0) is 11.3 Å². The molecule has 0 aliphatic heterocycles. The number of carbonyl (C=O) groups excluding carboxylic acids is 1. The maximum atomic E-state index is 10.6. The Morgan fingerprint density at radius 1 is 1.39 bits per heavy atom. The Morgan fingerprint density at radius 3 is 2.94 bits per heavy atom. The van der Waals surface area contributed by atoms with Gasteiger partial charge in [0.05, 0.1) is 5.52 Å². The molecule has 1 amide bonds. The number of hydrogen-bond donors (Lipinski definition) is 2. The molecule has 0 saturated carbocycles. The number of hydrogen-bond acceptors (Lipinski definition) is 3. The van der Waals surface area contributed by atoms with E-state index in [1.54, 1.807) is 0 Å². The summed E-state index contributed by atoms with van der Waals surface area (Å²) in [5, 5.41) is 4.37. The third-order valence-corrected chi connectivity index (χ3v) is 2.79. The molecule has 1 aromatic carbocycles. The number of primary amides is 1. The topological polar surface area (TPSA) is 68.0 Å². The van der Waals surface area contributed by atoms with E-state index in [0.717, 1.165) is 23.1 Å². The summed E-state index contributed by atoms with van der Waals surface area (Å²) in [6.45, 7) is 3.31. The molecule has 1 heterocycles. The van der Waals surface area contributed by atoms with Crippen LogP contribution < -0.4 is 11.1 Å². The van der Waals surface area contributed by atoms with Crippen LogP contribution in [0.15, 0.2) is 30.3 Å². The molecule has 2 rings (SSSR count). The van der Waals surface area contributed by atoms with Gasteiger partial charge in [-0.1, -0.05) is 18.2 Å². The molecule has 0 aliphatic rings. The third kappa shape index (κ3) is 3.05. The molecule has 18 heavy (non-hydrogen) atoms. The van der Waals surface area contributed by atoms with Crippen LogP contribution in [0.3, 0.4) is 0 Å². The smallest absolute Gasteiger partial charge is 0.218 e. The van der Waals surface area contributed by atoms with Gasteiger partial charge in [0.1, 0.15) is 0 Å². The molecule has 0 aliphatic carbocycles. The van der Waals surface area contributed by atoms with Crippen LogP contribution in [0, 0.1) is 6.92 Å². The summed E-state index contributed by atoms with van der Waals surface area (Å²) in [5.74, 6) is -0.279. The van der Waals surface area contributed by atoms with Crippen molar-refractivity contribution >= 4 is 16.8 Å². The molecule has 94 valence electrons. The average molecular weight is 243 g/mol. The first kappa shape index (κ1) is 12.5. The summed E-state index contributed by atoms with van der Waals surface area (Å²) in [6.07, 6.45) is 0.363. The van der Waals surface area contributed by atoms with Crippen molar-refractivity contribution in [2.75, 3.05) is 6.54 Å². The van der Waals surface area contributed by atoms with Gasteiger partial charge in [0.2, 0.25) is 5.91 Å². The van der Waals surface area contributed by atoms with Crippen LogP contribution >= 0.6 is 0 Å². The van der Waals surface area contributed by atoms with Crippen molar-refractivity contribution in [3.8, 4) is 0 Å². The van der Waals surface area contributed by atoms with E-state index in [4.69, 9.17) is 5.73 Å². The van der Waals surface area contributed by atoms with Crippen molar-refractivity contribution in [2.24, 2.45) is 5.73 Å². The van der Waals surface area contributed by atoms with Crippen molar-refractivity contribution < 1.29 is 4.79 Å². The number of nitrogens with zero attached hydrogens (tertiary/aromatic N) is 1. The fraction of sp³-hybridized carbons (Fsp3) is 0.286. The first-order valence-electron chi connectivity index (χ1n) is 6.01. The van der Waals surface area contributed by atoms with Gasteiger partial charge in [-0.25, -0.2) is 0 Å². The highest BCUT2D eigenvalue weighted by Gasteiger charge is 2.03. The van der Waals surface area contributed by atoms with Crippen LogP contribution in [0.2, 0.25) is 0 Å². The Bertz CT molecular complexity index is 566. The van der Waals surface area contributed by atoms with E-state index in [-0.39, 0.29) is 5.91 Å². The maximum absolute atomic E-state index is 10.6. The number of benzene rings is 1. The fourth-order valence-electron chi connectivity index (χ4n) is 1.98. The van der Waals surface area contributed by atoms with Crippen molar-refractivity contribution in [1.29, 1.82) is 0 Å². The van der Waals surface area contributed by atoms with E-state index in [2.05, 4.69) is 22.4 Å². The Kier molecular flexibility index (Phi) is 3.89. The first-order valence-corrected chi connectivity index (χ1v) is 6.01. The number of pyridine rings is 1. The summed E-state index contributed by atoms with van der Waals surface area (Å²) >= 11 is 0. The molecule has 4 heteroatoms. The molecule has 2 aromatic rings. The number of para-hydroxylation sites is 1. The summed E-state index contributed by atoms with van der Waals surface area (Å²) < 4.78 is 0. The molecule has 3 N–H and O–H groups in total. The summed E-state index contributed by atoms with van der Waals surface area (Å²) in [4.78, 5) is 15.1. The monoisotopic (exact) mass is 243 g/mol. The molecule has 0 bridgehead atoms. The van der Waals surface area contributed by atoms with Crippen molar-refractivity contribution in [2.45, 2.75) is 19.9 Å². The van der Waals surface area contributed by atoms with Crippen molar-refractivity contribution in [3.05, 3.63) is 41.6 Å². The minimum atomic E-state index is -0.279. The van der Waals surface area contributed by atoms with Crippen LogP contribution in [0.5, 0.6) is 0 Å². The highest BCUT2D eigenvalue weighted by atomic mass is 16.1. The minimum absolute atomic E-state index is 0.279. The molecule has 0 radical (unpaired) electrons. The van der Waals surface area contributed by atoms with Gasteiger partial charge in [0.15, 0.2) is 0 Å². The average Bonchev–Trinajstić information content (AvgIpc) is 2.34. The lowest BCUT2D eigenvalue weighted by Crippen LogP contribution is -2.21. The number of rotatable bonds is 5. The van der Waals surface area contributed by atoms with Gasteiger partial charge < -0.3 is 11.1 Å². The highest BCUT2D eigenvalue weighted by molar-refractivity contribution is 5.82. The molecule has 0 saturated heterocycles. The van der Waals surface area contributed by atoms with Crippen LogP contribution in [0.25, 0.3) is 10.9 Å². The lowest BCUT2D eigenvalue weighted by Gasteiger charge is -2.08. The fourth-order valence-corrected chi connectivity index (χ4v) is 1.98. The number of fused-ring (bicyclic) bond motifs is 1. The second-order valence-electron chi connectivity index (χ2n) is 4.33.